The third kappa shape index (κ3) is 6.94. The number of rotatable bonds is 12. The topological polar surface area (TPSA) is 79.9 Å². The Bertz CT molecular complexity index is 636. The molecule has 1 heterocycles. The van der Waals surface area contributed by atoms with Crippen LogP contribution in [0.3, 0.4) is 0 Å². The molecule has 1 aliphatic rings. The number of benzene rings is 1. The third-order valence-corrected chi connectivity index (χ3v) is 4.63. The van der Waals surface area contributed by atoms with Crippen LogP contribution in [-0.4, -0.2) is 38.4 Å². The first-order valence-corrected chi connectivity index (χ1v) is 10.4. The first-order valence-electron chi connectivity index (χ1n) is 10.4. The van der Waals surface area contributed by atoms with Crippen LogP contribution in [0.4, 0.5) is 10.5 Å². The summed E-state index contributed by atoms with van der Waals surface area (Å²) in [4.78, 5) is 26.0. The van der Waals surface area contributed by atoms with Crippen molar-refractivity contribution in [1.82, 2.24) is 10.6 Å². The van der Waals surface area contributed by atoms with E-state index < -0.39 is 0 Å². The number of urea groups is 1. The van der Waals surface area contributed by atoms with Gasteiger partial charge in [0.15, 0.2) is 11.5 Å². The molecule has 2 rings (SSSR count). The Hall–Kier alpha value is -2.44. The highest BCUT2D eigenvalue weighted by Crippen LogP contribution is 2.35. The van der Waals surface area contributed by atoms with E-state index in [9.17, 15) is 9.59 Å². The van der Waals surface area contributed by atoms with Gasteiger partial charge in [0, 0.05) is 37.8 Å². The molecule has 0 saturated heterocycles. The molecule has 7 heteroatoms. The van der Waals surface area contributed by atoms with Crippen molar-refractivity contribution in [2.45, 2.75) is 58.8 Å². The van der Waals surface area contributed by atoms with Gasteiger partial charge in [-0.05, 0) is 38.3 Å². The number of anilines is 1. The lowest BCUT2D eigenvalue weighted by atomic mass is 10.1. The van der Waals surface area contributed by atoms with Crippen molar-refractivity contribution in [2.24, 2.45) is 0 Å². The van der Waals surface area contributed by atoms with Crippen LogP contribution >= 0.6 is 0 Å². The van der Waals surface area contributed by atoms with Crippen LogP contribution in [0.25, 0.3) is 0 Å². The Labute approximate surface area is 167 Å². The number of nitrogens with zero attached hydrogens (tertiary/aromatic N) is 1. The van der Waals surface area contributed by atoms with Crippen molar-refractivity contribution in [1.29, 1.82) is 0 Å². The maximum atomic E-state index is 12.5. The van der Waals surface area contributed by atoms with E-state index in [1.165, 1.54) is 12.8 Å². The van der Waals surface area contributed by atoms with Crippen LogP contribution in [-0.2, 0) is 4.79 Å². The normalized spacial score (nSPS) is 11.9. The van der Waals surface area contributed by atoms with Crippen LogP contribution < -0.4 is 25.0 Å². The van der Waals surface area contributed by atoms with Crippen LogP contribution in [0.15, 0.2) is 18.2 Å². The van der Waals surface area contributed by atoms with Crippen LogP contribution in [0.2, 0.25) is 0 Å². The number of carbonyl (C=O) groups excluding carboxylic acids is 2. The molecule has 156 valence electrons. The van der Waals surface area contributed by atoms with Crippen molar-refractivity contribution < 1.29 is 19.1 Å². The highest BCUT2D eigenvalue weighted by Gasteiger charge is 2.19. The molecule has 1 aromatic carbocycles. The molecule has 0 radical (unpaired) electrons. The SMILES string of the molecule is CCCCCCC(=O)NCCCCN(C(=O)NCC)c1ccc2c(c1)OCO2. The predicted octanol–water partition coefficient (Wildman–Crippen LogP) is 3.82. The summed E-state index contributed by atoms with van der Waals surface area (Å²) in [6.07, 6.45) is 6.64. The van der Waals surface area contributed by atoms with Crippen LogP contribution in [0.5, 0.6) is 11.5 Å². The van der Waals surface area contributed by atoms with Crippen LogP contribution in [0, 0.1) is 0 Å². The molecule has 0 bridgehead atoms. The van der Waals surface area contributed by atoms with Gasteiger partial charge < -0.3 is 20.1 Å². The molecule has 1 aromatic rings. The number of ether oxygens (including phenoxy) is 2. The van der Waals surface area contributed by atoms with E-state index in [4.69, 9.17) is 9.47 Å². The second kappa shape index (κ2) is 12.1. The molecule has 0 atom stereocenters. The minimum Gasteiger partial charge on any atom is -0.454 e. The summed E-state index contributed by atoms with van der Waals surface area (Å²) in [5, 5.41) is 5.82. The number of carbonyl (C=O) groups is 2. The van der Waals surface area contributed by atoms with E-state index in [-0.39, 0.29) is 18.7 Å². The zero-order valence-electron chi connectivity index (χ0n) is 17.1. The Morgan fingerprint density at radius 1 is 1.00 bits per heavy atom. The second-order valence-electron chi connectivity index (χ2n) is 6.89. The van der Waals surface area contributed by atoms with E-state index in [2.05, 4.69) is 17.6 Å². The number of hydrogen-bond donors (Lipinski definition) is 2. The Balaban J connectivity index is 1.77. The third-order valence-electron chi connectivity index (χ3n) is 4.63. The molecule has 0 fully saturated rings. The summed E-state index contributed by atoms with van der Waals surface area (Å²) in [5.74, 6) is 1.47. The Morgan fingerprint density at radius 3 is 2.61 bits per heavy atom. The number of unbranched alkanes of at least 4 members (excludes halogenated alkanes) is 4. The molecule has 0 saturated carbocycles. The van der Waals surface area contributed by atoms with Gasteiger partial charge in [-0.25, -0.2) is 4.79 Å². The Morgan fingerprint density at radius 2 is 1.82 bits per heavy atom. The minimum absolute atomic E-state index is 0.118. The maximum absolute atomic E-state index is 12.5. The van der Waals surface area contributed by atoms with Crippen molar-refractivity contribution in [3.63, 3.8) is 0 Å². The van der Waals surface area contributed by atoms with Gasteiger partial charge in [0.05, 0.1) is 0 Å². The van der Waals surface area contributed by atoms with E-state index in [0.717, 1.165) is 31.4 Å². The minimum atomic E-state index is -0.138. The summed E-state index contributed by atoms with van der Waals surface area (Å²) >= 11 is 0. The van der Waals surface area contributed by atoms with Gasteiger partial charge in [0.1, 0.15) is 0 Å². The molecule has 7 nitrogen and oxygen atoms in total. The summed E-state index contributed by atoms with van der Waals surface area (Å²) in [6, 6.07) is 5.38. The summed E-state index contributed by atoms with van der Waals surface area (Å²) in [7, 11) is 0. The summed E-state index contributed by atoms with van der Waals surface area (Å²) < 4.78 is 10.8. The molecule has 28 heavy (non-hydrogen) atoms. The molecule has 0 spiro atoms. The molecular weight excluding hydrogens is 358 g/mol. The zero-order valence-corrected chi connectivity index (χ0v) is 17.1. The van der Waals surface area contributed by atoms with E-state index in [1.807, 2.05) is 25.1 Å². The van der Waals surface area contributed by atoms with E-state index in [1.54, 1.807) is 4.90 Å². The molecule has 0 unspecified atom stereocenters. The lowest BCUT2D eigenvalue weighted by Gasteiger charge is -2.23. The van der Waals surface area contributed by atoms with E-state index >= 15 is 0 Å². The van der Waals surface area contributed by atoms with Crippen molar-refractivity contribution in [3.8, 4) is 11.5 Å². The lowest BCUT2D eigenvalue weighted by molar-refractivity contribution is -0.121. The fourth-order valence-electron chi connectivity index (χ4n) is 3.07. The fraction of sp³-hybridized carbons (Fsp3) is 0.619. The second-order valence-corrected chi connectivity index (χ2v) is 6.89. The first kappa shape index (κ1) is 21.9. The number of amides is 3. The number of nitrogens with one attached hydrogen (secondary N) is 2. The predicted molar refractivity (Wildman–Crippen MR) is 110 cm³/mol. The first-order chi connectivity index (χ1) is 13.7. The number of hydrogen-bond acceptors (Lipinski definition) is 4. The van der Waals surface area contributed by atoms with Gasteiger partial charge in [-0.3, -0.25) is 9.69 Å². The lowest BCUT2D eigenvalue weighted by Crippen LogP contribution is -2.40. The summed E-state index contributed by atoms with van der Waals surface area (Å²) in [6.45, 7) is 6.03. The van der Waals surface area contributed by atoms with E-state index in [0.29, 0.717) is 37.6 Å². The van der Waals surface area contributed by atoms with Gasteiger partial charge in [0.2, 0.25) is 12.7 Å². The zero-order chi connectivity index (χ0) is 20.2. The van der Waals surface area contributed by atoms with Gasteiger partial charge in [-0.15, -0.1) is 0 Å². The van der Waals surface area contributed by atoms with Gasteiger partial charge >= 0.3 is 6.03 Å². The van der Waals surface area contributed by atoms with Crippen molar-refractivity contribution >= 4 is 17.6 Å². The highest BCUT2D eigenvalue weighted by atomic mass is 16.7. The molecule has 2 N–H and O–H groups in total. The van der Waals surface area contributed by atoms with Crippen molar-refractivity contribution in [3.05, 3.63) is 18.2 Å². The standard InChI is InChI=1S/C21H33N3O4/c1-3-5-6-7-10-20(25)23-13-8-9-14-24(21(26)22-4-2)17-11-12-18-19(15-17)28-16-27-18/h11-12,15H,3-10,13-14,16H2,1-2H3,(H,22,26)(H,23,25). The van der Waals surface area contributed by atoms with Crippen LogP contribution in [0.1, 0.15) is 58.8 Å². The molecule has 1 aliphatic heterocycles. The quantitative estimate of drug-likeness (QED) is 0.531. The fourth-order valence-corrected chi connectivity index (χ4v) is 3.07. The largest absolute Gasteiger partial charge is 0.454 e. The molecule has 3 amide bonds. The average molecular weight is 392 g/mol. The van der Waals surface area contributed by atoms with Gasteiger partial charge in [-0.1, -0.05) is 26.2 Å². The number of fused-ring (bicyclic) bond motifs is 1. The van der Waals surface area contributed by atoms with Crippen molar-refractivity contribution in [2.75, 3.05) is 31.3 Å². The molecular formula is C21H33N3O4. The van der Waals surface area contributed by atoms with Gasteiger partial charge in [0.25, 0.3) is 0 Å². The van der Waals surface area contributed by atoms with Gasteiger partial charge in [-0.2, -0.15) is 0 Å². The highest BCUT2D eigenvalue weighted by molar-refractivity contribution is 5.92. The summed E-state index contributed by atoms with van der Waals surface area (Å²) in [5.41, 5.74) is 0.773. The average Bonchev–Trinajstić information content (AvgIpc) is 3.16. The smallest absolute Gasteiger partial charge is 0.321 e. The molecule has 0 aliphatic carbocycles. The Kier molecular flexibility index (Phi) is 9.45. The molecule has 0 aromatic heterocycles. The maximum Gasteiger partial charge on any atom is 0.321 e. The monoisotopic (exact) mass is 391 g/mol.